The van der Waals surface area contributed by atoms with Gasteiger partial charge < -0.3 is 5.32 Å². The summed E-state index contributed by atoms with van der Waals surface area (Å²) in [7, 11) is 0. The van der Waals surface area contributed by atoms with Crippen LogP contribution in [0.3, 0.4) is 0 Å². The van der Waals surface area contributed by atoms with E-state index in [0.717, 1.165) is 13.1 Å². The summed E-state index contributed by atoms with van der Waals surface area (Å²) in [5.74, 6) is 0.802. The Morgan fingerprint density at radius 1 is 1.58 bits per heavy atom. The molecule has 6 heteroatoms. The maximum atomic E-state index is 11.9. The van der Waals surface area contributed by atoms with Crippen LogP contribution in [0.1, 0.15) is 32.7 Å². The molecule has 1 saturated heterocycles. The van der Waals surface area contributed by atoms with Crippen molar-refractivity contribution in [3.05, 3.63) is 12.7 Å². The van der Waals surface area contributed by atoms with Gasteiger partial charge in [0, 0.05) is 13.1 Å². The molecule has 106 valence electrons. The monoisotopic (exact) mass is 265 g/mol. The molecule has 0 bridgehead atoms. The van der Waals surface area contributed by atoms with Crippen molar-refractivity contribution >= 4 is 5.91 Å². The number of hydrogen-bond acceptors (Lipinski definition) is 4. The van der Waals surface area contributed by atoms with Gasteiger partial charge >= 0.3 is 0 Å². The summed E-state index contributed by atoms with van der Waals surface area (Å²) >= 11 is 0. The molecule has 1 aromatic heterocycles. The Balaban J connectivity index is 1.69. The van der Waals surface area contributed by atoms with Crippen LogP contribution in [0, 0.1) is 5.92 Å². The molecule has 0 spiro atoms. The maximum Gasteiger partial charge on any atom is 0.234 e. The molecule has 0 radical (unpaired) electrons. The molecule has 0 aromatic carbocycles. The third-order valence-electron chi connectivity index (χ3n) is 3.59. The highest BCUT2D eigenvalue weighted by Gasteiger charge is 2.18. The average Bonchev–Trinajstić information content (AvgIpc) is 2.90. The van der Waals surface area contributed by atoms with Crippen molar-refractivity contribution in [2.24, 2.45) is 5.92 Å². The van der Waals surface area contributed by atoms with Crippen molar-refractivity contribution in [1.29, 1.82) is 0 Å². The lowest BCUT2D eigenvalue weighted by Crippen LogP contribution is -2.43. The van der Waals surface area contributed by atoms with Crippen LogP contribution < -0.4 is 5.32 Å². The summed E-state index contributed by atoms with van der Waals surface area (Å²) < 4.78 is 1.75. The molecule has 2 unspecified atom stereocenters. The van der Waals surface area contributed by atoms with E-state index in [9.17, 15) is 4.79 Å². The fourth-order valence-corrected chi connectivity index (χ4v) is 2.49. The number of nitrogens with one attached hydrogen (secondary N) is 1. The van der Waals surface area contributed by atoms with Crippen LogP contribution in [0.15, 0.2) is 12.7 Å². The van der Waals surface area contributed by atoms with Gasteiger partial charge in [-0.1, -0.05) is 6.92 Å². The van der Waals surface area contributed by atoms with Crippen molar-refractivity contribution < 1.29 is 4.79 Å². The standard InChI is InChI=1S/C13H23N5O/c1-11-4-3-5-17(7-11)8-13(19)15-6-12(2)18-10-14-9-16-18/h9-12H,3-8H2,1-2H3,(H,15,19). The smallest absolute Gasteiger partial charge is 0.234 e. The second kappa shape index (κ2) is 6.65. The van der Waals surface area contributed by atoms with E-state index in [1.807, 2.05) is 6.92 Å². The first-order chi connectivity index (χ1) is 9.15. The van der Waals surface area contributed by atoms with E-state index in [0.29, 0.717) is 19.0 Å². The van der Waals surface area contributed by atoms with Gasteiger partial charge in [0.25, 0.3) is 0 Å². The number of carbonyl (C=O) groups excluding carboxylic acids is 1. The fraction of sp³-hybridized carbons (Fsp3) is 0.769. The lowest BCUT2D eigenvalue weighted by molar-refractivity contribution is -0.122. The molecular formula is C13H23N5O. The summed E-state index contributed by atoms with van der Waals surface area (Å²) in [6, 6.07) is 0.131. The molecule has 19 heavy (non-hydrogen) atoms. The molecular weight excluding hydrogens is 242 g/mol. The van der Waals surface area contributed by atoms with Gasteiger partial charge in [-0.15, -0.1) is 0 Å². The van der Waals surface area contributed by atoms with E-state index in [1.54, 1.807) is 11.0 Å². The summed E-state index contributed by atoms with van der Waals surface area (Å²) in [6.07, 6.45) is 5.65. The Bertz CT molecular complexity index is 392. The highest BCUT2D eigenvalue weighted by atomic mass is 16.2. The fourth-order valence-electron chi connectivity index (χ4n) is 2.49. The van der Waals surface area contributed by atoms with Crippen molar-refractivity contribution in [3.8, 4) is 0 Å². The van der Waals surface area contributed by atoms with Gasteiger partial charge in [0.05, 0.1) is 12.6 Å². The van der Waals surface area contributed by atoms with Crippen LogP contribution in [-0.4, -0.2) is 51.8 Å². The van der Waals surface area contributed by atoms with E-state index in [2.05, 4.69) is 27.2 Å². The Hall–Kier alpha value is -1.43. The van der Waals surface area contributed by atoms with Crippen molar-refractivity contribution in [1.82, 2.24) is 25.0 Å². The quantitative estimate of drug-likeness (QED) is 0.850. The molecule has 2 rings (SSSR count). The number of piperidine rings is 1. The van der Waals surface area contributed by atoms with Crippen LogP contribution in [0.4, 0.5) is 0 Å². The first-order valence-electron chi connectivity index (χ1n) is 6.98. The Kier molecular flexibility index (Phi) is 4.90. The summed E-state index contributed by atoms with van der Waals surface area (Å²) in [6.45, 7) is 7.43. The normalized spacial score (nSPS) is 22.1. The zero-order valence-corrected chi connectivity index (χ0v) is 11.7. The molecule has 0 saturated carbocycles. The Labute approximate surface area is 114 Å². The third kappa shape index (κ3) is 4.31. The van der Waals surface area contributed by atoms with Gasteiger partial charge in [-0.2, -0.15) is 5.10 Å². The zero-order valence-electron chi connectivity index (χ0n) is 11.7. The van der Waals surface area contributed by atoms with Crippen LogP contribution >= 0.6 is 0 Å². The molecule has 1 fully saturated rings. The molecule has 2 atom stereocenters. The second-order valence-electron chi connectivity index (χ2n) is 5.51. The maximum absolute atomic E-state index is 11.9. The van der Waals surface area contributed by atoms with Gasteiger partial charge in [0.2, 0.25) is 5.91 Å². The summed E-state index contributed by atoms with van der Waals surface area (Å²) in [5, 5.41) is 7.03. The lowest BCUT2D eigenvalue weighted by atomic mass is 10.0. The summed E-state index contributed by atoms with van der Waals surface area (Å²) in [4.78, 5) is 18.0. The van der Waals surface area contributed by atoms with Gasteiger partial charge in [0.1, 0.15) is 12.7 Å². The van der Waals surface area contributed by atoms with E-state index in [4.69, 9.17) is 0 Å². The zero-order chi connectivity index (χ0) is 13.7. The molecule has 1 aromatic rings. The lowest BCUT2D eigenvalue weighted by Gasteiger charge is -2.30. The minimum absolute atomic E-state index is 0.0982. The number of hydrogen-bond donors (Lipinski definition) is 1. The van der Waals surface area contributed by atoms with Gasteiger partial charge in [-0.25, -0.2) is 9.67 Å². The highest BCUT2D eigenvalue weighted by molar-refractivity contribution is 5.78. The Morgan fingerprint density at radius 3 is 3.11 bits per heavy atom. The molecule has 1 N–H and O–H groups in total. The van der Waals surface area contributed by atoms with Crippen LogP contribution in [-0.2, 0) is 4.79 Å². The average molecular weight is 265 g/mol. The van der Waals surface area contributed by atoms with Crippen LogP contribution in [0.5, 0.6) is 0 Å². The number of carbonyl (C=O) groups is 1. The number of nitrogens with zero attached hydrogens (tertiary/aromatic N) is 4. The van der Waals surface area contributed by atoms with Crippen molar-refractivity contribution in [2.75, 3.05) is 26.2 Å². The predicted octanol–water partition coefficient (Wildman–Crippen LogP) is 0.687. The molecule has 1 aliphatic rings. The number of rotatable bonds is 5. The molecule has 6 nitrogen and oxygen atoms in total. The number of likely N-dealkylation sites (tertiary alicyclic amines) is 1. The molecule has 0 aliphatic carbocycles. The van der Waals surface area contributed by atoms with Crippen LogP contribution in [0.25, 0.3) is 0 Å². The molecule has 2 heterocycles. The SMILES string of the molecule is CC1CCCN(CC(=O)NCC(C)n2cncn2)C1. The largest absolute Gasteiger partial charge is 0.353 e. The van der Waals surface area contributed by atoms with Gasteiger partial charge in [0.15, 0.2) is 0 Å². The minimum atomic E-state index is 0.0982. The van der Waals surface area contributed by atoms with Gasteiger partial charge in [-0.05, 0) is 32.2 Å². The molecule has 1 amide bonds. The minimum Gasteiger partial charge on any atom is -0.353 e. The van der Waals surface area contributed by atoms with Crippen molar-refractivity contribution in [3.63, 3.8) is 0 Å². The van der Waals surface area contributed by atoms with Crippen molar-refractivity contribution in [2.45, 2.75) is 32.7 Å². The first-order valence-corrected chi connectivity index (χ1v) is 6.98. The highest BCUT2D eigenvalue weighted by Crippen LogP contribution is 2.14. The third-order valence-corrected chi connectivity index (χ3v) is 3.59. The summed E-state index contributed by atoms with van der Waals surface area (Å²) in [5.41, 5.74) is 0. The predicted molar refractivity (Wildman–Crippen MR) is 72.6 cm³/mol. The molecule has 1 aliphatic heterocycles. The van der Waals surface area contributed by atoms with Crippen LogP contribution in [0.2, 0.25) is 0 Å². The first kappa shape index (κ1) is 14.0. The van der Waals surface area contributed by atoms with E-state index < -0.39 is 0 Å². The number of aromatic nitrogens is 3. The second-order valence-corrected chi connectivity index (χ2v) is 5.51. The van der Waals surface area contributed by atoms with E-state index in [-0.39, 0.29) is 11.9 Å². The van der Waals surface area contributed by atoms with E-state index >= 15 is 0 Å². The Morgan fingerprint density at radius 2 is 2.42 bits per heavy atom. The topological polar surface area (TPSA) is 63.1 Å². The van der Waals surface area contributed by atoms with Gasteiger partial charge in [-0.3, -0.25) is 9.69 Å². The number of amides is 1. The van der Waals surface area contributed by atoms with E-state index in [1.165, 1.54) is 19.2 Å².